The maximum absolute atomic E-state index is 14.6. The smallest absolute Gasteiger partial charge is 0.256 e. The largest absolute Gasteiger partial charge is 0.493 e. The van der Waals surface area contributed by atoms with Crippen molar-refractivity contribution in [1.29, 1.82) is 0 Å². The summed E-state index contributed by atoms with van der Waals surface area (Å²) in [4.78, 5) is 35.3. The lowest BCUT2D eigenvalue weighted by molar-refractivity contribution is -0.108. The molecule has 0 bridgehead atoms. The molecule has 0 amide bonds. The van der Waals surface area contributed by atoms with Crippen LogP contribution in [0.3, 0.4) is 0 Å². The highest BCUT2D eigenvalue weighted by Crippen LogP contribution is 2.27. The van der Waals surface area contributed by atoms with Gasteiger partial charge in [0.1, 0.15) is 35.2 Å². The van der Waals surface area contributed by atoms with E-state index in [0.717, 1.165) is 36.4 Å². The monoisotopic (exact) mass is 434 g/mol. The molecule has 0 aliphatic rings. The van der Waals surface area contributed by atoms with Crippen molar-refractivity contribution in [3.8, 4) is 11.4 Å². The first-order chi connectivity index (χ1) is 14.7. The van der Waals surface area contributed by atoms with E-state index in [9.17, 15) is 31.9 Å². The third-order valence-corrected chi connectivity index (χ3v) is 4.27. The lowest BCUT2D eigenvalue weighted by Gasteiger charge is -2.15. The fourth-order valence-electron chi connectivity index (χ4n) is 2.86. The van der Waals surface area contributed by atoms with Gasteiger partial charge in [0.25, 0.3) is 5.56 Å². The van der Waals surface area contributed by atoms with E-state index in [4.69, 9.17) is 10.5 Å². The van der Waals surface area contributed by atoms with Gasteiger partial charge in [0.15, 0.2) is 17.4 Å². The van der Waals surface area contributed by atoms with Crippen LogP contribution in [0.25, 0.3) is 5.69 Å². The van der Waals surface area contributed by atoms with Crippen molar-refractivity contribution in [2.45, 2.75) is 6.42 Å². The van der Waals surface area contributed by atoms with Crippen LogP contribution in [-0.4, -0.2) is 23.2 Å². The number of nitrogens with zero attached hydrogens (tertiary/aromatic N) is 1. The van der Waals surface area contributed by atoms with Gasteiger partial charge in [-0.3, -0.25) is 14.2 Å². The minimum absolute atomic E-state index is 0.00149. The molecule has 0 unspecified atom stereocenters. The van der Waals surface area contributed by atoms with Crippen molar-refractivity contribution in [3.05, 3.63) is 87.2 Å². The Morgan fingerprint density at radius 2 is 1.61 bits per heavy atom. The molecule has 3 rings (SSSR count). The van der Waals surface area contributed by atoms with Gasteiger partial charge in [-0.25, -0.2) is 17.6 Å². The first-order valence-electron chi connectivity index (χ1n) is 8.81. The number of carbonyl (C=O) groups is 2. The van der Waals surface area contributed by atoms with E-state index in [0.29, 0.717) is 16.9 Å². The number of ether oxygens (including phenoxy) is 1. The normalized spacial score (nSPS) is 10.7. The highest BCUT2D eigenvalue weighted by molar-refractivity contribution is 6.11. The third kappa shape index (κ3) is 4.32. The summed E-state index contributed by atoms with van der Waals surface area (Å²) < 4.78 is 61.9. The first-order valence-corrected chi connectivity index (χ1v) is 8.81. The van der Waals surface area contributed by atoms with Crippen LogP contribution in [0, 0.1) is 23.3 Å². The average Bonchev–Trinajstić information content (AvgIpc) is 2.69. The van der Waals surface area contributed by atoms with Crippen LogP contribution in [0.2, 0.25) is 0 Å². The molecule has 1 heterocycles. The van der Waals surface area contributed by atoms with E-state index >= 15 is 0 Å². The number of rotatable bonds is 7. The second kappa shape index (κ2) is 8.82. The van der Waals surface area contributed by atoms with Crippen molar-refractivity contribution in [2.75, 3.05) is 12.3 Å². The molecule has 0 aliphatic heterocycles. The first kappa shape index (κ1) is 21.8. The average molecular weight is 434 g/mol. The number of hydrogen-bond donors (Lipinski definition) is 1. The van der Waals surface area contributed by atoms with Crippen LogP contribution >= 0.6 is 0 Å². The van der Waals surface area contributed by atoms with E-state index in [1.54, 1.807) is 0 Å². The number of aromatic nitrogens is 1. The maximum Gasteiger partial charge on any atom is 0.256 e. The minimum atomic E-state index is -1.23. The number of carbonyl (C=O) groups excluding carboxylic acids is 2. The molecule has 0 aliphatic carbocycles. The van der Waals surface area contributed by atoms with Crippen LogP contribution in [0.1, 0.15) is 22.3 Å². The van der Waals surface area contributed by atoms with Gasteiger partial charge in [0, 0.05) is 30.7 Å². The van der Waals surface area contributed by atoms with Gasteiger partial charge < -0.3 is 15.3 Å². The molecule has 2 aromatic carbocycles. The molecule has 6 nitrogen and oxygen atoms in total. The topological polar surface area (TPSA) is 91.4 Å². The number of nitrogen functional groups attached to an aromatic ring is 1. The summed E-state index contributed by atoms with van der Waals surface area (Å²) in [6.07, 6.45) is 0.565. The fraction of sp³-hybridized carbons (Fsp3) is 0.0952. The molecular formula is C21H14F4N2O4. The van der Waals surface area contributed by atoms with Gasteiger partial charge in [0.2, 0.25) is 0 Å². The van der Waals surface area contributed by atoms with E-state index in [1.807, 2.05) is 0 Å². The molecule has 0 spiro atoms. The van der Waals surface area contributed by atoms with E-state index in [2.05, 4.69) is 0 Å². The Labute approximate surface area is 172 Å². The number of hydrogen-bond acceptors (Lipinski definition) is 5. The highest BCUT2D eigenvalue weighted by Gasteiger charge is 2.23. The number of aldehydes is 1. The van der Waals surface area contributed by atoms with Crippen LogP contribution in [0.5, 0.6) is 5.75 Å². The maximum atomic E-state index is 14.6. The summed E-state index contributed by atoms with van der Waals surface area (Å²) in [5.74, 6) is -6.43. The molecule has 3 aromatic rings. The zero-order chi connectivity index (χ0) is 22.7. The Morgan fingerprint density at radius 3 is 2.23 bits per heavy atom. The lowest BCUT2D eigenvalue weighted by atomic mass is 10.0. The fourth-order valence-corrected chi connectivity index (χ4v) is 2.86. The van der Waals surface area contributed by atoms with Gasteiger partial charge in [-0.1, -0.05) is 0 Å². The van der Waals surface area contributed by atoms with E-state index in [1.165, 1.54) is 0 Å². The quantitative estimate of drug-likeness (QED) is 0.267. The number of nitrogens with two attached hydrogens (primary N) is 1. The van der Waals surface area contributed by atoms with Gasteiger partial charge in [0.05, 0.1) is 17.7 Å². The standard InChI is InChI=1S/C21H14F4N2O4/c22-11-2-3-13(15(23)8-11)20(30)14-4-5-18(29)27(21(14)26)19-16(24)9-12(10-17(19)25)31-7-1-6-28/h2-6,8-10H,1,7,26H2. The second-order valence-electron chi connectivity index (χ2n) is 6.30. The molecule has 0 atom stereocenters. The molecule has 0 saturated carbocycles. The molecule has 0 radical (unpaired) electrons. The number of ketones is 1. The SMILES string of the molecule is Nc1c(C(=O)c2ccc(F)cc2F)ccc(=O)n1-c1c(F)cc(OCCC=O)cc1F. The van der Waals surface area contributed by atoms with Crippen molar-refractivity contribution in [2.24, 2.45) is 0 Å². The number of anilines is 1. The van der Waals surface area contributed by atoms with Gasteiger partial charge in [-0.15, -0.1) is 0 Å². The van der Waals surface area contributed by atoms with E-state index < -0.39 is 57.2 Å². The number of halogens is 4. The van der Waals surface area contributed by atoms with E-state index in [-0.39, 0.29) is 18.8 Å². The summed E-state index contributed by atoms with van der Waals surface area (Å²) in [5.41, 5.74) is 3.05. The molecule has 2 N–H and O–H groups in total. The summed E-state index contributed by atoms with van der Waals surface area (Å²) in [5, 5.41) is 0. The van der Waals surface area contributed by atoms with Gasteiger partial charge in [-0.2, -0.15) is 0 Å². The zero-order valence-electron chi connectivity index (χ0n) is 15.7. The zero-order valence-corrected chi connectivity index (χ0v) is 15.7. The number of benzene rings is 2. The van der Waals surface area contributed by atoms with Crippen molar-refractivity contribution >= 4 is 17.9 Å². The van der Waals surface area contributed by atoms with Crippen LogP contribution < -0.4 is 16.0 Å². The lowest BCUT2D eigenvalue weighted by Crippen LogP contribution is -2.25. The molecular weight excluding hydrogens is 420 g/mol. The summed E-state index contributed by atoms with van der Waals surface area (Å²) in [7, 11) is 0. The van der Waals surface area contributed by atoms with Gasteiger partial charge in [-0.05, 0) is 18.2 Å². The Balaban J connectivity index is 2.10. The molecule has 0 saturated heterocycles. The Morgan fingerprint density at radius 1 is 0.968 bits per heavy atom. The summed E-state index contributed by atoms with van der Waals surface area (Å²) in [6, 6.07) is 5.60. The van der Waals surface area contributed by atoms with Crippen LogP contribution in [0.15, 0.2) is 47.3 Å². The highest BCUT2D eigenvalue weighted by atomic mass is 19.1. The van der Waals surface area contributed by atoms with Crippen molar-refractivity contribution < 1.29 is 31.9 Å². The third-order valence-electron chi connectivity index (χ3n) is 4.27. The minimum Gasteiger partial charge on any atom is -0.493 e. The molecule has 10 heteroatoms. The van der Waals surface area contributed by atoms with Crippen LogP contribution in [0.4, 0.5) is 23.4 Å². The van der Waals surface area contributed by atoms with Crippen molar-refractivity contribution in [1.82, 2.24) is 4.57 Å². The van der Waals surface area contributed by atoms with Crippen LogP contribution in [-0.2, 0) is 4.79 Å². The Bertz CT molecular complexity index is 1220. The molecule has 0 fully saturated rings. The second-order valence-corrected chi connectivity index (χ2v) is 6.30. The molecule has 31 heavy (non-hydrogen) atoms. The molecule has 160 valence electrons. The molecule has 1 aromatic heterocycles. The Hall–Kier alpha value is -3.95. The Kier molecular flexibility index (Phi) is 6.19. The van der Waals surface area contributed by atoms with Gasteiger partial charge >= 0.3 is 0 Å². The predicted molar refractivity (Wildman–Crippen MR) is 102 cm³/mol. The summed E-state index contributed by atoms with van der Waals surface area (Å²) in [6.45, 7) is -0.114. The number of pyridine rings is 1. The predicted octanol–water partition coefficient (Wildman–Crippen LogP) is 3.17. The summed E-state index contributed by atoms with van der Waals surface area (Å²) >= 11 is 0. The van der Waals surface area contributed by atoms with Crippen molar-refractivity contribution in [3.63, 3.8) is 0 Å².